The average molecular weight is 542 g/mol. The maximum absolute atomic E-state index is 13.4. The van der Waals surface area contributed by atoms with E-state index in [1.807, 2.05) is 24.8 Å². The third kappa shape index (κ3) is 5.19. The number of aliphatic imine (C=N–C) groups is 1. The van der Waals surface area contributed by atoms with Crippen molar-refractivity contribution in [3.8, 4) is 11.8 Å². The predicted octanol–water partition coefficient (Wildman–Crippen LogP) is 4.60. The standard InChI is InChI=1S/C30H32FN7O2/c1-4-28(39)37-9-7-30(8-10-37)12-24(13-30)36-19(2)25(15-33)21-11-27(29-22(14-32)16-35-38(29)18-21)40-20(3)26-6-5-23(31)17-34-26/h4-6,11,15-18,20,24H,1,7-10,12-13,33H2,2-3H3/b25-15+,36-19?/t20-/m0/s1. The van der Waals surface area contributed by atoms with Gasteiger partial charge >= 0.3 is 0 Å². The van der Waals surface area contributed by atoms with Crippen LogP contribution in [-0.4, -0.2) is 50.2 Å². The Morgan fingerprint density at radius 2 is 2.10 bits per heavy atom. The van der Waals surface area contributed by atoms with Gasteiger partial charge in [-0.1, -0.05) is 6.58 Å². The Kier molecular flexibility index (Phi) is 7.39. The van der Waals surface area contributed by atoms with E-state index in [4.69, 9.17) is 15.5 Å². The van der Waals surface area contributed by atoms with Crippen molar-refractivity contribution in [1.82, 2.24) is 19.5 Å². The number of hydrogen-bond donors (Lipinski definition) is 1. The van der Waals surface area contributed by atoms with Crippen LogP contribution in [0.1, 0.15) is 62.5 Å². The normalized spacial score (nSPS) is 18.3. The molecule has 1 amide bonds. The van der Waals surface area contributed by atoms with Crippen molar-refractivity contribution in [1.29, 1.82) is 5.26 Å². The van der Waals surface area contributed by atoms with Gasteiger partial charge in [0.05, 0.1) is 24.1 Å². The first-order valence-electron chi connectivity index (χ1n) is 13.3. The summed E-state index contributed by atoms with van der Waals surface area (Å²) in [6, 6.07) is 7.07. The van der Waals surface area contributed by atoms with Crippen LogP contribution in [0.25, 0.3) is 11.1 Å². The number of pyridine rings is 2. The van der Waals surface area contributed by atoms with Crippen molar-refractivity contribution in [2.75, 3.05) is 13.1 Å². The minimum absolute atomic E-state index is 0.0000244. The SMILES string of the molecule is C=CC(=O)N1CCC2(CC1)CC(N=C(C)/C(=C\N)c1cc(O[C@@H](C)c3ccc(F)cn3)c3c(C#N)cnn3c1)C2. The second-order valence-electron chi connectivity index (χ2n) is 10.6. The molecule has 3 aromatic rings. The van der Waals surface area contributed by atoms with Crippen molar-refractivity contribution in [2.24, 2.45) is 16.1 Å². The summed E-state index contributed by atoms with van der Waals surface area (Å²) in [7, 11) is 0. The van der Waals surface area contributed by atoms with Gasteiger partial charge in [-0.25, -0.2) is 8.91 Å². The third-order valence-electron chi connectivity index (χ3n) is 8.06. The first-order valence-corrected chi connectivity index (χ1v) is 13.3. The van der Waals surface area contributed by atoms with Gasteiger partial charge in [-0.15, -0.1) is 0 Å². The minimum Gasteiger partial charge on any atom is -0.482 e. The largest absolute Gasteiger partial charge is 0.482 e. The number of fused-ring (bicyclic) bond motifs is 1. The summed E-state index contributed by atoms with van der Waals surface area (Å²) in [5.74, 6) is 0.00167. The molecule has 9 nitrogen and oxygen atoms in total. The Morgan fingerprint density at radius 3 is 2.73 bits per heavy atom. The Balaban J connectivity index is 1.36. The molecule has 2 aliphatic rings. The lowest BCUT2D eigenvalue weighted by molar-refractivity contribution is -0.129. The lowest BCUT2D eigenvalue weighted by Gasteiger charge is -2.51. The highest BCUT2D eigenvalue weighted by Gasteiger charge is 2.46. The molecule has 0 aromatic carbocycles. The van der Waals surface area contributed by atoms with Gasteiger partial charge in [-0.2, -0.15) is 10.4 Å². The zero-order valence-corrected chi connectivity index (χ0v) is 22.7. The molecule has 1 spiro atoms. The van der Waals surface area contributed by atoms with E-state index in [0.717, 1.165) is 61.8 Å². The predicted molar refractivity (Wildman–Crippen MR) is 150 cm³/mol. The van der Waals surface area contributed by atoms with Crippen LogP contribution in [0.5, 0.6) is 5.75 Å². The number of amides is 1. The molecule has 1 aliphatic carbocycles. The highest BCUT2D eigenvalue weighted by atomic mass is 19.1. The van der Waals surface area contributed by atoms with Crippen LogP contribution in [0, 0.1) is 22.6 Å². The van der Waals surface area contributed by atoms with Gasteiger partial charge < -0.3 is 15.4 Å². The van der Waals surface area contributed by atoms with Gasteiger partial charge in [-0.3, -0.25) is 14.8 Å². The highest BCUT2D eigenvalue weighted by molar-refractivity contribution is 6.22. The highest BCUT2D eigenvalue weighted by Crippen LogP contribution is 2.50. The molecule has 0 radical (unpaired) electrons. The third-order valence-corrected chi connectivity index (χ3v) is 8.06. The fourth-order valence-electron chi connectivity index (χ4n) is 5.82. The van der Waals surface area contributed by atoms with Crippen LogP contribution in [0.2, 0.25) is 0 Å². The second kappa shape index (κ2) is 10.9. The maximum Gasteiger partial charge on any atom is 0.245 e. The van der Waals surface area contributed by atoms with Gasteiger partial charge in [0.2, 0.25) is 5.91 Å². The van der Waals surface area contributed by atoms with E-state index in [0.29, 0.717) is 22.5 Å². The Hall–Kier alpha value is -4.52. The summed E-state index contributed by atoms with van der Waals surface area (Å²) < 4.78 is 21.2. The van der Waals surface area contributed by atoms with Gasteiger partial charge in [-0.05, 0) is 69.2 Å². The van der Waals surface area contributed by atoms with E-state index in [9.17, 15) is 14.4 Å². The van der Waals surface area contributed by atoms with E-state index >= 15 is 0 Å². The van der Waals surface area contributed by atoms with Gasteiger partial charge in [0.15, 0.2) is 0 Å². The van der Waals surface area contributed by atoms with Crippen LogP contribution < -0.4 is 10.5 Å². The number of ether oxygens (including phenoxy) is 1. The monoisotopic (exact) mass is 541 g/mol. The summed E-state index contributed by atoms with van der Waals surface area (Å²) >= 11 is 0. The zero-order valence-electron chi connectivity index (χ0n) is 22.7. The number of nitrogens with zero attached hydrogens (tertiary/aromatic N) is 6. The van der Waals surface area contributed by atoms with Gasteiger partial charge in [0.25, 0.3) is 0 Å². The molecule has 0 bridgehead atoms. The summed E-state index contributed by atoms with van der Waals surface area (Å²) in [6.45, 7) is 8.86. The molecule has 5 rings (SSSR count). The van der Waals surface area contributed by atoms with Crippen LogP contribution in [-0.2, 0) is 4.79 Å². The summed E-state index contributed by atoms with van der Waals surface area (Å²) in [6.07, 6.45) is 10.8. The van der Waals surface area contributed by atoms with Crippen molar-refractivity contribution < 1.29 is 13.9 Å². The van der Waals surface area contributed by atoms with E-state index in [-0.39, 0.29) is 17.4 Å². The molecule has 206 valence electrons. The number of hydrogen-bond acceptors (Lipinski definition) is 7. The first kappa shape index (κ1) is 27.1. The zero-order chi connectivity index (χ0) is 28.4. The van der Waals surface area contributed by atoms with Gasteiger partial charge in [0.1, 0.15) is 34.8 Å². The maximum atomic E-state index is 13.4. The number of aromatic nitrogens is 3. The van der Waals surface area contributed by atoms with Crippen LogP contribution >= 0.6 is 0 Å². The topological polar surface area (TPSA) is 122 Å². The number of rotatable bonds is 7. The second-order valence-corrected chi connectivity index (χ2v) is 10.6. The van der Waals surface area contributed by atoms with Gasteiger partial charge in [0, 0.05) is 42.3 Å². The van der Waals surface area contributed by atoms with Crippen molar-refractivity contribution in [3.05, 3.63) is 78.3 Å². The molecule has 2 fully saturated rings. The fourth-order valence-corrected chi connectivity index (χ4v) is 5.82. The van der Waals surface area contributed by atoms with Crippen molar-refractivity contribution in [2.45, 2.75) is 51.7 Å². The fraction of sp³-hybridized carbons (Fsp3) is 0.367. The number of nitrogens with two attached hydrogens (primary N) is 1. The molecule has 1 atom stereocenters. The first-order chi connectivity index (χ1) is 19.3. The smallest absolute Gasteiger partial charge is 0.245 e. The average Bonchev–Trinajstić information content (AvgIpc) is 3.36. The van der Waals surface area contributed by atoms with Crippen LogP contribution in [0.4, 0.5) is 4.39 Å². The number of allylic oxidation sites excluding steroid dienone is 1. The van der Waals surface area contributed by atoms with E-state index in [1.165, 1.54) is 24.5 Å². The molecule has 1 saturated carbocycles. The van der Waals surface area contributed by atoms with E-state index < -0.39 is 11.9 Å². The molecule has 40 heavy (non-hydrogen) atoms. The number of carbonyl (C=O) groups excluding carboxylic acids is 1. The minimum atomic E-state index is -0.513. The molecule has 1 saturated heterocycles. The summed E-state index contributed by atoms with van der Waals surface area (Å²) in [5.41, 5.74) is 10.1. The molecule has 1 aliphatic heterocycles. The number of carbonyl (C=O) groups is 1. The Labute approximate surface area is 232 Å². The number of piperidine rings is 1. The molecule has 3 aromatic heterocycles. The summed E-state index contributed by atoms with van der Waals surface area (Å²) in [5, 5.41) is 14.0. The quantitative estimate of drug-likeness (QED) is 0.345. The van der Waals surface area contributed by atoms with Crippen LogP contribution in [0.15, 0.2) is 60.6 Å². The van der Waals surface area contributed by atoms with Crippen molar-refractivity contribution in [3.63, 3.8) is 0 Å². The Bertz CT molecular complexity index is 1530. The lowest BCUT2D eigenvalue weighted by Crippen LogP contribution is -2.49. The summed E-state index contributed by atoms with van der Waals surface area (Å²) in [4.78, 5) is 22.9. The van der Waals surface area contributed by atoms with E-state index in [2.05, 4.69) is 22.7 Å². The number of nitriles is 1. The lowest BCUT2D eigenvalue weighted by atomic mass is 9.60. The molecule has 4 heterocycles. The van der Waals surface area contributed by atoms with E-state index in [1.54, 1.807) is 16.8 Å². The number of likely N-dealkylation sites (tertiary alicyclic amines) is 1. The molecule has 2 N–H and O–H groups in total. The molecule has 10 heteroatoms. The molecule has 0 unspecified atom stereocenters. The molecular weight excluding hydrogens is 509 g/mol. The van der Waals surface area contributed by atoms with Crippen molar-refractivity contribution >= 4 is 22.7 Å². The Morgan fingerprint density at radius 1 is 1.35 bits per heavy atom. The van der Waals surface area contributed by atoms with Crippen LogP contribution in [0.3, 0.4) is 0 Å². The number of halogens is 1. The molecular formula is C30H32FN7O2.